The van der Waals surface area contributed by atoms with E-state index >= 15 is 0 Å². The number of benzene rings is 1. The first-order valence-electron chi connectivity index (χ1n) is 8.15. The molecule has 2 aliphatic heterocycles. The number of ether oxygens (including phenoxy) is 2. The first-order valence-corrected chi connectivity index (χ1v) is 8.15. The Morgan fingerprint density at radius 1 is 1.26 bits per heavy atom. The zero-order chi connectivity index (χ0) is 19.6. The molecule has 0 saturated heterocycles. The summed E-state index contributed by atoms with van der Waals surface area (Å²) in [4.78, 5) is 42.9. The quantitative estimate of drug-likeness (QED) is 0.774. The van der Waals surface area contributed by atoms with E-state index in [-0.39, 0.29) is 5.84 Å². The second-order valence-electron chi connectivity index (χ2n) is 5.86. The van der Waals surface area contributed by atoms with E-state index < -0.39 is 30.3 Å². The highest BCUT2D eigenvalue weighted by molar-refractivity contribution is 6.16. The van der Waals surface area contributed by atoms with Gasteiger partial charge in [-0.3, -0.25) is 9.59 Å². The molecular formula is C18H19N4O5+. The number of dihydropyridines is 1. The van der Waals surface area contributed by atoms with Crippen LogP contribution in [0.3, 0.4) is 0 Å². The fraction of sp³-hybridized carbons (Fsp3) is 0.278. The first kappa shape index (κ1) is 18.3. The maximum Gasteiger partial charge on any atom is 0.446 e. The molecule has 2 aliphatic rings. The number of para-hydroxylation sites is 2. The lowest BCUT2D eigenvalue weighted by Crippen LogP contribution is -2.56. The van der Waals surface area contributed by atoms with Crippen LogP contribution < -0.4 is 10.1 Å². The maximum atomic E-state index is 12.9. The van der Waals surface area contributed by atoms with Crippen molar-refractivity contribution in [3.8, 4) is 5.75 Å². The number of carbonyl (C=O) groups is 3. The molecule has 0 aliphatic carbocycles. The fourth-order valence-corrected chi connectivity index (χ4v) is 2.94. The van der Waals surface area contributed by atoms with E-state index in [1.165, 1.54) is 32.1 Å². The molecule has 9 heteroatoms. The zero-order valence-electron chi connectivity index (χ0n) is 15.1. The van der Waals surface area contributed by atoms with Gasteiger partial charge in [0.1, 0.15) is 17.7 Å². The summed E-state index contributed by atoms with van der Waals surface area (Å²) in [7, 11) is 4.42. The lowest BCUT2D eigenvalue weighted by atomic mass is 9.99. The van der Waals surface area contributed by atoms with Crippen molar-refractivity contribution >= 4 is 35.6 Å². The van der Waals surface area contributed by atoms with Gasteiger partial charge in [0.25, 0.3) is 11.7 Å². The van der Waals surface area contributed by atoms with Crippen molar-refractivity contribution in [1.82, 2.24) is 4.90 Å². The molecule has 1 aromatic carbocycles. The number of aliphatic imine (C=N–C) groups is 1. The van der Waals surface area contributed by atoms with Crippen molar-refractivity contribution < 1.29 is 28.4 Å². The van der Waals surface area contributed by atoms with E-state index in [9.17, 15) is 14.4 Å². The van der Waals surface area contributed by atoms with Gasteiger partial charge in [-0.1, -0.05) is 12.1 Å². The number of urea groups is 1. The van der Waals surface area contributed by atoms with Gasteiger partial charge in [0, 0.05) is 6.08 Å². The molecule has 27 heavy (non-hydrogen) atoms. The summed E-state index contributed by atoms with van der Waals surface area (Å²) in [5.74, 6) is -0.846. The van der Waals surface area contributed by atoms with Crippen molar-refractivity contribution in [1.29, 1.82) is 0 Å². The van der Waals surface area contributed by atoms with E-state index in [2.05, 4.69) is 10.3 Å². The Kier molecular flexibility index (Phi) is 5.02. The topological polar surface area (TPSA) is 100 Å². The number of carbonyl (C=O) groups excluding carboxylic acids is 3. The van der Waals surface area contributed by atoms with Crippen LogP contribution >= 0.6 is 0 Å². The molecule has 2 heterocycles. The number of imide groups is 1. The fourth-order valence-electron chi connectivity index (χ4n) is 2.94. The smallest absolute Gasteiger partial charge is 0.446 e. The monoisotopic (exact) mass is 371 g/mol. The molecule has 0 saturated carbocycles. The maximum absolute atomic E-state index is 12.9. The summed E-state index contributed by atoms with van der Waals surface area (Å²) in [6.07, 6.45) is 3.02. The number of amides is 4. The Balaban J connectivity index is 1.83. The molecule has 1 unspecified atom stereocenters. The molecule has 0 bridgehead atoms. The summed E-state index contributed by atoms with van der Waals surface area (Å²) < 4.78 is 11.7. The molecule has 0 aromatic heterocycles. The predicted molar refractivity (Wildman–Crippen MR) is 97.0 cm³/mol. The number of nitrogens with zero attached hydrogens (tertiary/aromatic N) is 3. The minimum absolute atomic E-state index is 0.269. The van der Waals surface area contributed by atoms with Crippen LogP contribution in [0, 0.1) is 5.92 Å². The van der Waals surface area contributed by atoms with Crippen LogP contribution in [0.5, 0.6) is 5.75 Å². The van der Waals surface area contributed by atoms with Crippen molar-refractivity contribution in [2.24, 2.45) is 10.9 Å². The largest absolute Gasteiger partial charge is 0.499 e. The number of anilines is 1. The van der Waals surface area contributed by atoms with Gasteiger partial charge in [-0.15, -0.1) is 4.99 Å². The van der Waals surface area contributed by atoms with Gasteiger partial charge in [-0.05, 0) is 12.1 Å². The van der Waals surface area contributed by atoms with Crippen LogP contribution in [0.25, 0.3) is 0 Å². The summed E-state index contributed by atoms with van der Waals surface area (Å²) in [5, 5.41) is 2.65. The number of fused-ring (bicyclic) bond motifs is 1. The van der Waals surface area contributed by atoms with Gasteiger partial charge in [0.15, 0.2) is 12.5 Å². The molecule has 1 aromatic rings. The molecular weight excluding hydrogens is 352 g/mol. The zero-order valence-corrected chi connectivity index (χ0v) is 15.1. The predicted octanol–water partition coefficient (Wildman–Crippen LogP) is 0.868. The third-order valence-corrected chi connectivity index (χ3v) is 4.28. The number of allylic oxidation sites excluding steroid dienone is 1. The second kappa shape index (κ2) is 7.40. The van der Waals surface area contributed by atoms with Gasteiger partial charge in [0.05, 0.1) is 27.0 Å². The number of methoxy groups -OCH3 is 2. The highest BCUT2D eigenvalue weighted by Crippen LogP contribution is 2.25. The average Bonchev–Trinajstić information content (AvgIpc) is 2.69. The number of hydrogen-bond donors (Lipinski definition) is 1. The molecule has 9 nitrogen and oxygen atoms in total. The summed E-state index contributed by atoms with van der Waals surface area (Å²) in [6, 6.07) is 6.23. The van der Waals surface area contributed by atoms with E-state index in [1.54, 1.807) is 30.3 Å². The highest BCUT2D eigenvalue weighted by atomic mass is 16.5. The van der Waals surface area contributed by atoms with Crippen molar-refractivity contribution in [2.45, 2.75) is 0 Å². The van der Waals surface area contributed by atoms with Crippen LogP contribution in [0.15, 0.2) is 41.1 Å². The Morgan fingerprint density at radius 2 is 2.00 bits per heavy atom. The molecule has 0 radical (unpaired) electrons. The molecule has 1 N–H and O–H groups in total. The average molecular weight is 371 g/mol. The number of amidine groups is 1. The number of rotatable bonds is 5. The third-order valence-electron chi connectivity index (χ3n) is 4.28. The molecule has 1 atom stereocenters. The molecule has 4 amide bonds. The normalized spacial score (nSPS) is 18.9. The van der Waals surface area contributed by atoms with Gasteiger partial charge in [0.2, 0.25) is 0 Å². The van der Waals surface area contributed by atoms with Crippen molar-refractivity contribution in [3.63, 3.8) is 0 Å². The third kappa shape index (κ3) is 3.31. The Bertz CT molecular complexity index is 903. The SMILES string of the molecule is COC1=CC=NC2=[N+](C)C(=O)N(CC(=O)Nc3ccccc3OC)C(=O)C12. The Labute approximate surface area is 155 Å². The first-order chi connectivity index (χ1) is 13.0. The van der Waals surface area contributed by atoms with Crippen LogP contribution in [-0.2, 0) is 14.3 Å². The lowest BCUT2D eigenvalue weighted by Gasteiger charge is -2.27. The van der Waals surface area contributed by atoms with Gasteiger partial charge in [-0.25, -0.2) is 4.79 Å². The van der Waals surface area contributed by atoms with E-state index in [1.807, 2.05) is 0 Å². The Hall–Kier alpha value is -3.49. The molecule has 3 rings (SSSR count). The van der Waals surface area contributed by atoms with Crippen LogP contribution in [0.4, 0.5) is 10.5 Å². The minimum Gasteiger partial charge on any atom is -0.499 e. The summed E-state index contributed by atoms with van der Waals surface area (Å²) in [6.45, 7) is -0.440. The van der Waals surface area contributed by atoms with Gasteiger partial charge >= 0.3 is 11.9 Å². The number of hydrogen-bond acceptors (Lipinski definition) is 6. The van der Waals surface area contributed by atoms with Crippen LogP contribution in [-0.4, -0.2) is 67.2 Å². The Morgan fingerprint density at radius 3 is 2.70 bits per heavy atom. The highest BCUT2D eigenvalue weighted by Gasteiger charge is 2.50. The van der Waals surface area contributed by atoms with Crippen LogP contribution in [0.1, 0.15) is 0 Å². The standard InChI is InChI=1S/C18H18N4O5/c1-21-16-15(13(27-3)8-9-19-16)17(24)22(18(21)25)10-14(23)20-11-6-4-5-7-12(11)26-2/h4-9,15H,10H2,1-3H3/p+1. The van der Waals surface area contributed by atoms with Gasteiger partial charge in [-0.2, -0.15) is 9.48 Å². The summed E-state index contributed by atoms with van der Waals surface area (Å²) in [5.41, 5.74) is 0.447. The lowest BCUT2D eigenvalue weighted by molar-refractivity contribution is -0.408. The van der Waals surface area contributed by atoms with Crippen molar-refractivity contribution in [3.05, 3.63) is 36.1 Å². The summed E-state index contributed by atoms with van der Waals surface area (Å²) >= 11 is 0. The van der Waals surface area contributed by atoms with Crippen molar-refractivity contribution in [2.75, 3.05) is 33.1 Å². The van der Waals surface area contributed by atoms with E-state index in [0.717, 1.165) is 4.90 Å². The van der Waals surface area contributed by atoms with E-state index in [4.69, 9.17) is 9.47 Å². The van der Waals surface area contributed by atoms with Gasteiger partial charge < -0.3 is 14.8 Å². The molecule has 0 fully saturated rings. The molecule has 0 spiro atoms. The second-order valence-corrected chi connectivity index (χ2v) is 5.86. The minimum atomic E-state index is -0.859. The molecule has 140 valence electrons. The van der Waals surface area contributed by atoms with E-state index in [0.29, 0.717) is 17.2 Å². The number of nitrogens with one attached hydrogen (secondary N) is 1. The van der Waals surface area contributed by atoms with Crippen LogP contribution in [0.2, 0.25) is 0 Å².